The first kappa shape index (κ1) is 18.1. The number of thiazole rings is 1. The van der Waals surface area contributed by atoms with Crippen LogP contribution in [0.2, 0.25) is 0 Å². The highest BCUT2D eigenvalue weighted by atomic mass is 32.1. The Bertz CT molecular complexity index is 1180. The van der Waals surface area contributed by atoms with E-state index in [9.17, 15) is 9.59 Å². The topological polar surface area (TPSA) is 59.1 Å². The van der Waals surface area contributed by atoms with Crippen molar-refractivity contribution in [2.75, 3.05) is 5.32 Å². The molecule has 0 aliphatic heterocycles. The third-order valence-corrected chi connectivity index (χ3v) is 5.55. The number of amides is 1. The number of carbonyl (C=O) groups excluding carboxylic acids is 2. The van der Waals surface area contributed by atoms with Gasteiger partial charge in [-0.1, -0.05) is 18.2 Å². The van der Waals surface area contributed by atoms with Gasteiger partial charge in [-0.25, -0.2) is 4.98 Å². The number of aromatic nitrogens is 1. The van der Waals surface area contributed by atoms with Crippen molar-refractivity contribution in [3.63, 3.8) is 0 Å². The van der Waals surface area contributed by atoms with E-state index in [0.29, 0.717) is 16.8 Å². The number of anilines is 1. The maximum atomic E-state index is 12.4. The van der Waals surface area contributed by atoms with Gasteiger partial charge in [0.15, 0.2) is 5.78 Å². The first-order valence-corrected chi connectivity index (χ1v) is 9.71. The van der Waals surface area contributed by atoms with E-state index >= 15 is 0 Å². The molecule has 28 heavy (non-hydrogen) atoms. The van der Waals surface area contributed by atoms with E-state index in [-0.39, 0.29) is 11.7 Å². The number of nitrogens with zero attached hydrogens (tertiary/aromatic N) is 1. The second-order valence-electron chi connectivity index (χ2n) is 6.66. The lowest BCUT2D eigenvalue weighted by molar-refractivity contribution is 0.101. The third kappa shape index (κ3) is 3.70. The maximum Gasteiger partial charge on any atom is 0.255 e. The Balaban J connectivity index is 1.50. The lowest BCUT2D eigenvalue weighted by Gasteiger charge is -2.06. The fourth-order valence-corrected chi connectivity index (χ4v) is 3.98. The van der Waals surface area contributed by atoms with Crippen LogP contribution in [-0.2, 0) is 0 Å². The first-order valence-electron chi connectivity index (χ1n) is 8.89. The molecule has 0 bridgehead atoms. The first-order chi connectivity index (χ1) is 13.5. The fourth-order valence-electron chi connectivity index (χ4n) is 2.91. The molecule has 4 aromatic rings. The van der Waals surface area contributed by atoms with Gasteiger partial charge in [-0.2, -0.15) is 0 Å². The highest BCUT2D eigenvalue weighted by Gasteiger charge is 2.09. The molecule has 5 heteroatoms. The van der Waals surface area contributed by atoms with Crippen LogP contribution < -0.4 is 5.32 Å². The molecule has 0 atom stereocenters. The van der Waals surface area contributed by atoms with Gasteiger partial charge in [0.25, 0.3) is 5.91 Å². The Morgan fingerprint density at radius 1 is 0.893 bits per heavy atom. The van der Waals surface area contributed by atoms with Gasteiger partial charge < -0.3 is 5.32 Å². The lowest BCUT2D eigenvalue weighted by Crippen LogP contribution is -2.11. The van der Waals surface area contributed by atoms with Gasteiger partial charge in [0.1, 0.15) is 5.01 Å². The van der Waals surface area contributed by atoms with Crippen LogP contribution in [-0.4, -0.2) is 16.7 Å². The minimum atomic E-state index is -0.210. The molecule has 0 saturated heterocycles. The van der Waals surface area contributed by atoms with E-state index in [0.717, 1.165) is 16.1 Å². The van der Waals surface area contributed by atoms with Gasteiger partial charge in [-0.3, -0.25) is 9.59 Å². The highest BCUT2D eigenvalue weighted by molar-refractivity contribution is 7.21. The van der Waals surface area contributed by atoms with Crippen LogP contribution >= 0.6 is 11.3 Å². The molecule has 0 unspecified atom stereocenters. The molecule has 0 aliphatic carbocycles. The van der Waals surface area contributed by atoms with Crippen LogP contribution in [0.15, 0.2) is 66.7 Å². The molecule has 0 saturated carbocycles. The molecule has 1 aromatic heterocycles. The number of hydrogen-bond acceptors (Lipinski definition) is 4. The maximum absolute atomic E-state index is 12.4. The number of carbonyl (C=O) groups is 2. The zero-order valence-corrected chi connectivity index (χ0v) is 16.3. The summed E-state index contributed by atoms with van der Waals surface area (Å²) in [5.41, 5.74) is 5.04. The summed E-state index contributed by atoms with van der Waals surface area (Å²) in [6.07, 6.45) is 0. The molecule has 0 fully saturated rings. The predicted octanol–water partition coefficient (Wildman–Crippen LogP) is 5.73. The van der Waals surface area contributed by atoms with Crippen molar-refractivity contribution in [3.8, 4) is 10.6 Å². The number of ketones is 1. The minimum Gasteiger partial charge on any atom is -0.322 e. The van der Waals surface area contributed by atoms with Gasteiger partial charge >= 0.3 is 0 Å². The average Bonchev–Trinajstić information content (AvgIpc) is 3.11. The summed E-state index contributed by atoms with van der Waals surface area (Å²) < 4.78 is 1.17. The van der Waals surface area contributed by atoms with Crippen LogP contribution in [0, 0.1) is 6.92 Å². The second kappa shape index (κ2) is 7.37. The molecule has 3 aromatic carbocycles. The fraction of sp³-hybridized carbons (Fsp3) is 0.0870. The summed E-state index contributed by atoms with van der Waals surface area (Å²) in [6, 6.07) is 20.5. The van der Waals surface area contributed by atoms with Crippen molar-refractivity contribution in [2.45, 2.75) is 13.8 Å². The molecule has 1 heterocycles. The Hall–Kier alpha value is -3.31. The molecule has 0 spiro atoms. The lowest BCUT2D eigenvalue weighted by atomic mass is 10.1. The normalized spacial score (nSPS) is 10.8. The Kier molecular flexibility index (Phi) is 4.75. The third-order valence-electron chi connectivity index (χ3n) is 4.49. The summed E-state index contributed by atoms with van der Waals surface area (Å²) >= 11 is 1.66. The quantitative estimate of drug-likeness (QED) is 0.456. The van der Waals surface area contributed by atoms with Gasteiger partial charge in [0.05, 0.1) is 10.2 Å². The molecule has 4 rings (SSSR count). The van der Waals surface area contributed by atoms with E-state index in [2.05, 4.69) is 29.4 Å². The predicted molar refractivity (Wildman–Crippen MR) is 114 cm³/mol. The summed E-state index contributed by atoms with van der Waals surface area (Å²) in [4.78, 5) is 28.4. The molecule has 4 nitrogen and oxygen atoms in total. The number of benzene rings is 3. The number of nitrogens with one attached hydrogen (secondary N) is 1. The van der Waals surface area contributed by atoms with Gasteiger partial charge in [0, 0.05) is 22.4 Å². The molecule has 138 valence electrons. The van der Waals surface area contributed by atoms with Crippen LogP contribution in [0.25, 0.3) is 20.8 Å². The Morgan fingerprint density at radius 2 is 1.57 bits per heavy atom. The molecule has 1 N–H and O–H groups in total. The zero-order chi connectivity index (χ0) is 19.7. The van der Waals surface area contributed by atoms with Gasteiger partial charge in [0.2, 0.25) is 0 Å². The second-order valence-corrected chi connectivity index (χ2v) is 7.69. The summed E-state index contributed by atoms with van der Waals surface area (Å²) in [5.74, 6) is -0.231. The monoisotopic (exact) mass is 386 g/mol. The molecule has 1 amide bonds. The average molecular weight is 386 g/mol. The smallest absolute Gasteiger partial charge is 0.255 e. The largest absolute Gasteiger partial charge is 0.322 e. The molecule has 0 radical (unpaired) electrons. The van der Waals surface area contributed by atoms with Crippen molar-refractivity contribution in [1.29, 1.82) is 0 Å². The van der Waals surface area contributed by atoms with Crippen molar-refractivity contribution in [2.24, 2.45) is 0 Å². The van der Waals surface area contributed by atoms with Gasteiger partial charge in [-0.05, 0) is 67.9 Å². The zero-order valence-electron chi connectivity index (χ0n) is 15.5. The van der Waals surface area contributed by atoms with Crippen molar-refractivity contribution >= 4 is 38.9 Å². The Morgan fingerprint density at radius 3 is 2.25 bits per heavy atom. The van der Waals surface area contributed by atoms with E-state index in [4.69, 9.17) is 0 Å². The van der Waals surface area contributed by atoms with Crippen LogP contribution in [0.5, 0.6) is 0 Å². The van der Waals surface area contributed by atoms with E-state index in [1.807, 2.05) is 30.3 Å². The standard InChI is InChI=1S/C23H18N2O2S/c1-14-3-12-20-21(13-14)28-23(25-20)18-8-10-19(11-9-18)24-22(27)17-6-4-16(5-7-17)15(2)26/h3-13H,1-2H3,(H,24,27). The van der Waals surface area contributed by atoms with Crippen LogP contribution in [0.3, 0.4) is 0 Å². The number of fused-ring (bicyclic) bond motifs is 1. The Labute approximate surface area is 166 Å². The van der Waals surface area contributed by atoms with Crippen molar-refractivity contribution in [1.82, 2.24) is 4.98 Å². The summed E-state index contributed by atoms with van der Waals surface area (Å²) in [5, 5.41) is 3.84. The van der Waals surface area contributed by atoms with Crippen LogP contribution in [0.4, 0.5) is 5.69 Å². The minimum absolute atomic E-state index is 0.0208. The SMILES string of the molecule is CC(=O)c1ccc(C(=O)Nc2ccc(-c3nc4ccc(C)cc4s3)cc2)cc1. The summed E-state index contributed by atoms with van der Waals surface area (Å²) in [6.45, 7) is 3.58. The van der Waals surface area contributed by atoms with E-state index < -0.39 is 0 Å². The van der Waals surface area contributed by atoms with Crippen molar-refractivity contribution < 1.29 is 9.59 Å². The number of aryl methyl sites for hydroxylation is 1. The highest BCUT2D eigenvalue weighted by Crippen LogP contribution is 2.31. The van der Waals surface area contributed by atoms with E-state index in [1.165, 1.54) is 17.2 Å². The van der Waals surface area contributed by atoms with Crippen LogP contribution in [0.1, 0.15) is 33.2 Å². The number of rotatable bonds is 4. The summed E-state index contributed by atoms with van der Waals surface area (Å²) in [7, 11) is 0. The molecular formula is C23H18N2O2S. The molecular weight excluding hydrogens is 368 g/mol. The number of hydrogen-bond donors (Lipinski definition) is 1. The van der Waals surface area contributed by atoms with E-state index in [1.54, 1.807) is 35.6 Å². The van der Waals surface area contributed by atoms with Gasteiger partial charge in [-0.15, -0.1) is 11.3 Å². The number of Topliss-reactive ketones (excluding diaryl/α,β-unsaturated/α-hetero) is 1. The van der Waals surface area contributed by atoms with Crippen molar-refractivity contribution in [3.05, 3.63) is 83.4 Å². The molecule has 0 aliphatic rings.